The number of nitrogens with zero attached hydrogens (tertiary/aromatic N) is 1. The smallest absolute Gasteiger partial charge is 0.345 e. The second-order valence-corrected chi connectivity index (χ2v) is 7.36. The van der Waals surface area contributed by atoms with E-state index in [-0.39, 0.29) is 11.3 Å². The molecule has 5 heteroatoms. The van der Waals surface area contributed by atoms with E-state index in [2.05, 4.69) is 11.0 Å². The van der Waals surface area contributed by atoms with E-state index in [4.69, 9.17) is 9.15 Å². The molecule has 0 radical (unpaired) electrons. The standard InChI is InChI=1S/C25H21NO4/c1-29-21-13-7-5-11-19(21)26-15-14-16-8-2-3-9-17(16)23(26)22-24(27)18-10-4-6-12-20(18)30-25(22)28/h2-13,23,27H,14-15H2,1H3. The highest BCUT2D eigenvalue weighted by Crippen LogP contribution is 2.44. The molecular weight excluding hydrogens is 378 g/mol. The minimum atomic E-state index is -0.534. The lowest BCUT2D eigenvalue weighted by Gasteiger charge is -2.39. The zero-order valence-corrected chi connectivity index (χ0v) is 16.5. The molecular formula is C25H21NO4. The molecule has 0 bridgehead atoms. The first kappa shape index (κ1) is 18.3. The summed E-state index contributed by atoms with van der Waals surface area (Å²) in [6.07, 6.45) is 0.824. The van der Waals surface area contributed by atoms with Gasteiger partial charge in [0.1, 0.15) is 22.6 Å². The molecule has 1 aliphatic rings. The van der Waals surface area contributed by atoms with Crippen LogP contribution in [0.5, 0.6) is 11.5 Å². The maximum atomic E-state index is 13.1. The first-order chi connectivity index (χ1) is 14.7. The lowest BCUT2D eigenvalue weighted by Crippen LogP contribution is -2.38. The summed E-state index contributed by atoms with van der Waals surface area (Å²) in [4.78, 5) is 15.2. The van der Waals surface area contributed by atoms with Gasteiger partial charge in [0, 0.05) is 6.54 Å². The van der Waals surface area contributed by atoms with E-state index in [9.17, 15) is 9.90 Å². The maximum absolute atomic E-state index is 13.1. The maximum Gasteiger partial charge on any atom is 0.345 e. The van der Waals surface area contributed by atoms with Gasteiger partial charge in [-0.05, 0) is 41.8 Å². The SMILES string of the molecule is COc1ccccc1N1CCc2ccccc2C1c1c(O)c2ccccc2oc1=O. The Morgan fingerprint density at radius 1 is 1.00 bits per heavy atom. The third kappa shape index (κ3) is 2.82. The van der Waals surface area contributed by atoms with E-state index in [0.29, 0.717) is 23.3 Å². The van der Waals surface area contributed by atoms with E-state index >= 15 is 0 Å². The van der Waals surface area contributed by atoms with Crippen molar-refractivity contribution in [1.29, 1.82) is 0 Å². The number of anilines is 1. The predicted molar refractivity (Wildman–Crippen MR) is 116 cm³/mol. The molecule has 30 heavy (non-hydrogen) atoms. The molecule has 4 aromatic rings. The van der Waals surface area contributed by atoms with Gasteiger partial charge in [-0.15, -0.1) is 0 Å². The van der Waals surface area contributed by atoms with Crippen LogP contribution in [-0.2, 0) is 6.42 Å². The molecule has 0 aliphatic carbocycles. The molecule has 1 N–H and O–H groups in total. The molecule has 5 rings (SSSR count). The Balaban J connectivity index is 1.80. The third-order valence-corrected chi connectivity index (χ3v) is 5.77. The van der Waals surface area contributed by atoms with Crippen LogP contribution < -0.4 is 15.3 Å². The molecule has 0 amide bonds. The van der Waals surface area contributed by atoms with Crippen LogP contribution in [0.1, 0.15) is 22.7 Å². The lowest BCUT2D eigenvalue weighted by molar-refractivity contribution is 0.411. The number of ether oxygens (including phenoxy) is 1. The fraction of sp³-hybridized carbons (Fsp3) is 0.160. The van der Waals surface area contributed by atoms with Gasteiger partial charge in [-0.2, -0.15) is 0 Å². The highest BCUT2D eigenvalue weighted by molar-refractivity contribution is 5.84. The Kier molecular flexibility index (Phi) is 4.43. The number of hydrogen-bond donors (Lipinski definition) is 1. The molecule has 0 spiro atoms. The third-order valence-electron chi connectivity index (χ3n) is 5.77. The van der Waals surface area contributed by atoms with Crippen molar-refractivity contribution in [1.82, 2.24) is 0 Å². The molecule has 1 atom stereocenters. The van der Waals surface area contributed by atoms with Gasteiger partial charge in [0.25, 0.3) is 0 Å². The average Bonchev–Trinajstić information content (AvgIpc) is 2.79. The Bertz CT molecular complexity index is 1290. The van der Waals surface area contributed by atoms with E-state index < -0.39 is 11.7 Å². The quantitative estimate of drug-likeness (QED) is 0.508. The Hall–Kier alpha value is -3.73. The second-order valence-electron chi connectivity index (χ2n) is 7.36. The van der Waals surface area contributed by atoms with Crippen molar-refractivity contribution >= 4 is 16.7 Å². The predicted octanol–water partition coefficient (Wildman–Crippen LogP) is 4.66. The first-order valence-corrected chi connectivity index (χ1v) is 9.91. The summed E-state index contributed by atoms with van der Waals surface area (Å²) >= 11 is 0. The monoisotopic (exact) mass is 399 g/mol. The molecule has 2 heterocycles. The number of methoxy groups -OCH3 is 1. The van der Waals surface area contributed by atoms with Crippen molar-refractivity contribution in [2.24, 2.45) is 0 Å². The van der Waals surface area contributed by atoms with Gasteiger partial charge in [-0.1, -0.05) is 48.5 Å². The van der Waals surface area contributed by atoms with Crippen molar-refractivity contribution < 1.29 is 14.3 Å². The zero-order chi connectivity index (χ0) is 20.7. The number of fused-ring (bicyclic) bond motifs is 2. The van der Waals surface area contributed by atoms with Crippen molar-refractivity contribution in [3.8, 4) is 11.5 Å². The first-order valence-electron chi connectivity index (χ1n) is 9.91. The van der Waals surface area contributed by atoms with Crippen LogP contribution in [0.2, 0.25) is 0 Å². The molecule has 1 unspecified atom stereocenters. The van der Waals surface area contributed by atoms with Gasteiger partial charge in [0.15, 0.2) is 0 Å². The number of benzene rings is 3. The van der Waals surface area contributed by atoms with Crippen molar-refractivity contribution in [2.45, 2.75) is 12.5 Å². The van der Waals surface area contributed by atoms with Crippen LogP contribution in [-0.4, -0.2) is 18.8 Å². The summed E-state index contributed by atoms with van der Waals surface area (Å²) in [5.41, 5.74) is 3.08. The van der Waals surface area contributed by atoms with E-state index in [0.717, 1.165) is 23.2 Å². The molecule has 3 aromatic carbocycles. The van der Waals surface area contributed by atoms with Crippen molar-refractivity contribution in [3.63, 3.8) is 0 Å². The Labute approximate surface area is 173 Å². The summed E-state index contributed by atoms with van der Waals surface area (Å²) in [7, 11) is 1.63. The second kappa shape index (κ2) is 7.26. The van der Waals surface area contributed by atoms with Crippen LogP contribution in [0.3, 0.4) is 0 Å². The number of para-hydroxylation sites is 3. The molecule has 1 aliphatic heterocycles. The van der Waals surface area contributed by atoms with Crippen LogP contribution in [0, 0.1) is 0 Å². The normalized spacial score (nSPS) is 15.8. The summed E-state index contributed by atoms with van der Waals surface area (Å²) in [6.45, 7) is 0.674. The minimum Gasteiger partial charge on any atom is -0.507 e. The Morgan fingerprint density at radius 3 is 2.60 bits per heavy atom. The minimum absolute atomic E-state index is 0.0385. The number of hydrogen-bond acceptors (Lipinski definition) is 5. The topological polar surface area (TPSA) is 62.9 Å². The summed E-state index contributed by atoms with van der Waals surface area (Å²) in [6, 6.07) is 22.3. The van der Waals surface area contributed by atoms with Gasteiger partial charge < -0.3 is 19.2 Å². The fourth-order valence-electron chi connectivity index (χ4n) is 4.39. The van der Waals surface area contributed by atoms with E-state index in [1.807, 2.05) is 48.5 Å². The van der Waals surface area contributed by atoms with Crippen LogP contribution in [0.4, 0.5) is 5.69 Å². The largest absolute Gasteiger partial charge is 0.507 e. The van der Waals surface area contributed by atoms with Crippen LogP contribution in [0.25, 0.3) is 11.0 Å². The van der Waals surface area contributed by atoms with Crippen molar-refractivity contribution in [2.75, 3.05) is 18.6 Å². The molecule has 0 fully saturated rings. The van der Waals surface area contributed by atoms with Crippen LogP contribution in [0.15, 0.2) is 82.0 Å². The average molecular weight is 399 g/mol. The molecule has 150 valence electrons. The van der Waals surface area contributed by atoms with Crippen LogP contribution >= 0.6 is 0 Å². The van der Waals surface area contributed by atoms with Crippen molar-refractivity contribution in [3.05, 3.63) is 99.9 Å². The summed E-state index contributed by atoms with van der Waals surface area (Å²) in [5, 5.41) is 11.7. The van der Waals surface area contributed by atoms with Gasteiger partial charge in [0.05, 0.1) is 24.2 Å². The molecule has 1 aromatic heterocycles. The lowest BCUT2D eigenvalue weighted by atomic mass is 9.87. The Morgan fingerprint density at radius 2 is 1.73 bits per heavy atom. The highest BCUT2D eigenvalue weighted by atomic mass is 16.5. The van der Waals surface area contributed by atoms with Gasteiger partial charge in [0.2, 0.25) is 0 Å². The fourth-order valence-corrected chi connectivity index (χ4v) is 4.39. The number of aromatic hydroxyl groups is 1. The van der Waals surface area contributed by atoms with E-state index in [1.54, 1.807) is 25.3 Å². The zero-order valence-electron chi connectivity index (χ0n) is 16.5. The molecule has 0 saturated heterocycles. The van der Waals surface area contributed by atoms with Gasteiger partial charge in [-0.25, -0.2) is 4.79 Å². The number of rotatable bonds is 3. The molecule has 0 saturated carbocycles. The molecule has 5 nitrogen and oxygen atoms in total. The van der Waals surface area contributed by atoms with E-state index in [1.165, 1.54) is 0 Å². The summed E-state index contributed by atoms with van der Waals surface area (Å²) < 4.78 is 11.2. The van der Waals surface area contributed by atoms with Gasteiger partial charge >= 0.3 is 5.63 Å². The van der Waals surface area contributed by atoms with Gasteiger partial charge in [-0.3, -0.25) is 0 Å². The highest BCUT2D eigenvalue weighted by Gasteiger charge is 2.35. The summed E-state index contributed by atoms with van der Waals surface area (Å²) in [5.74, 6) is 0.676.